The Morgan fingerprint density at radius 1 is 1.12 bits per heavy atom. The molecule has 7 nitrogen and oxygen atoms in total. The molecular formula is C16H24N2O5S. The summed E-state index contributed by atoms with van der Waals surface area (Å²) in [5, 5.41) is 2.80. The van der Waals surface area contributed by atoms with Gasteiger partial charge in [0.1, 0.15) is 17.0 Å². The van der Waals surface area contributed by atoms with E-state index in [4.69, 9.17) is 9.47 Å². The maximum Gasteiger partial charge on any atom is 0.245 e. The van der Waals surface area contributed by atoms with E-state index < -0.39 is 15.6 Å². The summed E-state index contributed by atoms with van der Waals surface area (Å²) in [6.45, 7) is 0. The first-order valence-electron chi connectivity index (χ1n) is 7.82. The van der Waals surface area contributed by atoms with E-state index in [1.54, 1.807) is 25.3 Å². The van der Waals surface area contributed by atoms with Crippen LogP contribution in [0, 0.1) is 0 Å². The average Bonchev–Trinajstić information content (AvgIpc) is 2.54. The van der Waals surface area contributed by atoms with Crippen LogP contribution in [0.2, 0.25) is 0 Å². The van der Waals surface area contributed by atoms with E-state index in [-0.39, 0.29) is 5.91 Å². The number of methoxy groups -OCH3 is 2. The van der Waals surface area contributed by atoms with Gasteiger partial charge in [0.2, 0.25) is 15.9 Å². The quantitative estimate of drug-likeness (QED) is 0.812. The highest BCUT2D eigenvalue weighted by Crippen LogP contribution is 2.33. The van der Waals surface area contributed by atoms with Crippen LogP contribution in [0.1, 0.15) is 32.1 Å². The molecule has 134 valence electrons. The Hall–Kier alpha value is -1.80. The second kappa shape index (κ2) is 7.40. The summed E-state index contributed by atoms with van der Waals surface area (Å²) in [6.07, 6.45) is 4.62. The lowest BCUT2D eigenvalue weighted by atomic mass is 9.82. The monoisotopic (exact) mass is 356 g/mol. The standard InChI is InChI=1S/C16H24N2O5S/c1-22-12-7-8-13(14(11-12)23-2)17-15(19)16(18-24(3,20)21)9-5-4-6-10-16/h7-8,11,18H,4-6,9-10H2,1-3H3,(H,17,19). The van der Waals surface area contributed by atoms with Crippen molar-refractivity contribution in [3.05, 3.63) is 18.2 Å². The molecule has 0 radical (unpaired) electrons. The maximum atomic E-state index is 12.9. The third kappa shape index (κ3) is 4.39. The molecule has 0 bridgehead atoms. The van der Waals surface area contributed by atoms with E-state index in [1.807, 2.05) is 0 Å². The molecule has 0 saturated heterocycles. The number of benzene rings is 1. The van der Waals surface area contributed by atoms with Crippen LogP contribution in [0.5, 0.6) is 11.5 Å². The largest absolute Gasteiger partial charge is 0.497 e. The molecule has 8 heteroatoms. The van der Waals surface area contributed by atoms with Gasteiger partial charge in [-0.25, -0.2) is 8.42 Å². The Balaban J connectivity index is 2.28. The molecule has 1 fully saturated rings. The summed E-state index contributed by atoms with van der Waals surface area (Å²) in [5.41, 5.74) is -0.639. The molecular weight excluding hydrogens is 332 g/mol. The van der Waals surface area contributed by atoms with Gasteiger partial charge < -0.3 is 14.8 Å². The zero-order valence-electron chi connectivity index (χ0n) is 14.2. The van der Waals surface area contributed by atoms with Crippen LogP contribution in [0.25, 0.3) is 0 Å². The second-order valence-corrected chi connectivity index (χ2v) is 7.79. The van der Waals surface area contributed by atoms with Gasteiger partial charge in [-0.1, -0.05) is 19.3 Å². The highest BCUT2D eigenvalue weighted by molar-refractivity contribution is 7.88. The van der Waals surface area contributed by atoms with Crippen molar-refractivity contribution in [2.45, 2.75) is 37.6 Å². The fraction of sp³-hybridized carbons (Fsp3) is 0.562. The van der Waals surface area contributed by atoms with Crippen molar-refractivity contribution in [2.24, 2.45) is 0 Å². The van der Waals surface area contributed by atoms with E-state index >= 15 is 0 Å². The first-order chi connectivity index (χ1) is 11.3. The molecule has 1 amide bonds. The van der Waals surface area contributed by atoms with Gasteiger partial charge in [-0.2, -0.15) is 4.72 Å². The summed E-state index contributed by atoms with van der Waals surface area (Å²) in [4.78, 5) is 12.9. The van der Waals surface area contributed by atoms with Gasteiger partial charge >= 0.3 is 0 Å². The maximum absolute atomic E-state index is 12.9. The van der Waals surface area contributed by atoms with Crippen molar-refractivity contribution in [1.29, 1.82) is 0 Å². The van der Waals surface area contributed by atoms with E-state index in [2.05, 4.69) is 10.0 Å². The van der Waals surface area contributed by atoms with Gasteiger partial charge in [-0.05, 0) is 25.0 Å². The van der Waals surface area contributed by atoms with Crippen molar-refractivity contribution < 1.29 is 22.7 Å². The summed E-state index contributed by atoms with van der Waals surface area (Å²) in [7, 11) is -0.471. The number of nitrogens with one attached hydrogen (secondary N) is 2. The molecule has 0 heterocycles. The van der Waals surface area contributed by atoms with Crippen molar-refractivity contribution in [3.63, 3.8) is 0 Å². The molecule has 0 unspecified atom stereocenters. The molecule has 1 aromatic rings. The Morgan fingerprint density at radius 3 is 2.33 bits per heavy atom. The smallest absolute Gasteiger partial charge is 0.245 e. The number of sulfonamides is 1. The minimum Gasteiger partial charge on any atom is -0.497 e. The SMILES string of the molecule is COc1ccc(NC(=O)C2(NS(C)(=O)=O)CCCCC2)c(OC)c1. The number of hydrogen-bond acceptors (Lipinski definition) is 5. The molecule has 2 N–H and O–H groups in total. The van der Waals surface area contributed by atoms with Crippen molar-refractivity contribution >= 4 is 21.6 Å². The van der Waals surface area contributed by atoms with E-state index in [1.165, 1.54) is 7.11 Å². The van der Waals surface area contributed by atoms with Crippen LogP contribution in [-0.4, -0.2) is 40.3 Å². The van der Waals surface area contributed by atoms with Gasteiger partial charge in [-0.15, -0.1) is 0 Å². The Morgan fingerprint density at radius 2 is 1.79 bits per heavy atom. The minimum atomic E-state index is -3.51. The van der Waals surface area contributed by atoms with Crippen LogP contribution in [0.3, 0.4) is 0 Å². The van der Waals surface area contributed by atoms with Crippen molar-refractivity contribution in [3.8, 4) is 11.5 Å². The Bertz CT molecular complexity index is 696. The number of amides is 1. The van der Waals surface area contributed by atoms with E-state index in [0.717, 1.165) is 25.5 Å². The van der Waals surface area contributed by atoms with E-state index in [9.17, 15) is 13.2 Å². The highest BCUT2D eigenvalue weighted by Gasteiger charge is 2.42. The fourth-order valence-electron chi connectivity index (χ4n) is 3.03. The van der Waals surface area contributed by atoms with Gasteiger partial charge in [0, 0.05) is 6.07 Å². The zero-order chi connectivity index (χ0) is 17.8. The lowest BCUT2D eigenvalue weighted by Gasteiger charge is -2.35. The topological polar surface area (TPSA) is 93.7 Å². The number of ether oxygens (including phenoxy) is 2. The first kappa shape index (κ1) is 18.5. The molecule has 0 aliphatic heterocycles. The highest BCUT2D eigenvalue weighted by atomic mass is 32.2. The molecule has 2 rings (SSSR count). The molecule has 0 aromatic heterocycles. The summed E-state index contributed by atoms with van der Waals surface area (Å²) in [5.74, 6) is 0.690. The molecule has 24 heavy (non-hydrogen) atoms. The van der Waals surface area contributed by atoms with Gasteiger partial charge in [0.25, 0.3) is 0 Å². The molecule has 1 aliphatic carbocycles. The third-order valence-electron chi connectivity index (χ3n) is 4.18. The lowest BCUT2D eigenvalue weighted by Crippen LogP contribution is -2.57. The molecule has 0 atom stereocenters. The normalized spacial score (nSPS) is 17.1. The van der Waals surface area contributed by atoms with Crippen molar-refractivity contribution in [2.75, 3.05) is 25.8 Å². The van der Waals surface area contributed by atoms with Gasteiger partial charge in [-0.3, -0.25) is 4.79 Å². The van der Waals surface area contributed by atoms with Gasteiger partial charge in [0.05, 0.1) is 26.2 Å². The summed E-state index contributed by atoms with van der Waals surface area (Å²) >= 11 is 0. The predicted octanol–water partition coefficient (Wildman–Crippen LogP) is 1.89. The Kier molecular flexibility index (Phi) is 5.71. The molecule has 0 spiro atoms. The van der Waals surface area contributed by atoms with Crippen LogP contribution in [0.4, 0.5) is 5.69 Å². The van der Waals surface area contributed by atoms with E-state index in [0.29, 0.717) is 30.0 Å². The second-order valence-electron chi connectivity index (χ2n) is 6.04. The first-order valence-corrected chi connectivity index (χ1v) is 9.71. The number of carbonyl (C=O) groups excluding carboxylic acids is 1. The third-order valence-corrected chi connectivity index (χ3v) is 4.94. The van der Waals surface area contributed by atoms with Crippen molar-refractivity contribution in [1.82, 2.24) is 4.72 Å². The number of hydrogen-bond donors (Lipinski definition) is 2. The lowest BCUT2D eigenvalue weighted by molar-refractivity contribution is -0.122. The molecule has 1 saturated carbocycles. The summed E-state index contributed by atoms with van der Waals surface area (Å²) < 4.78 is 36.4. The minimum absolute atomic E-state index is 0.365. The average molecular weight is 356 g/mol. The number of rotatable bonds is 6. The molecule has 1 aliphatic rings. The number of anilines is 1. The predicted molar refractivity (Wildman–Crippen MR) is 92.0 cm³/mol. The van der Waals surface area contributed by atoms with Gasteiger partial charge in [0.15, 0.2) is 0 Å². The number of carbonyl (C=O) groups is 1. The summed E-state index contributed by atoms with van der Waals surface area (Å²) in [6, 6.07) is 5.04. The zero-order valence-corrected chi connectivity index (χ0v) is 15.0. The van der Waals surface area contributed by atoms with Crippen LogP contribution in [-0.2, 0) is 14.8 Å². The Labute approximate surface area is 142 Å². The molecule has 1 aromatic carbocycles. The van der Waals surface area contributed by atoms with Crippen LogP contribution in [0.15, 0.2) is 18.2 Å². The fourth-order valence-corrected chi connectivity index (χ4v) is 4.04. The van der Waals surface area contributed by atoms with Crippen LogP contribution < -0.4 is 19.5 Å². The van der Waals surface area contributed by atoms with Crippen LogP contribution >= 0.6 is 0 Å².